The van der Waals surface area contributed by atoms with Crippen LogP contribution in [0.1, 0.15) is 22.1 Å². The van der Waals surface area contributed by atoms with Crippen LogP contribution in [-0.2, 0) is 0 Å². The number of halogens is 3. The van der Waals surface area contributed by atoms with E-state index in [2.05, 4.69) is 0 Å². The average molecular weight is 283 g/mol. The van der Waals surface area contributed by atoms with Crippen LogP contribution in [0.5, 0.6) is 5.75 Å². The summed E-state index contributed by atoms with van der Waals surface area (Å²) in [6.45, 7) is 1.87. The Hall–Kier alpha value is -1.61. The zero-order valence-corrected chi connectivity index (χ0v) is 11.3. The first-order valence-electron chi connectivity index (χ1n) is 5.77. The fourth-order valence-corrected chi connectivity index (χ4v) is 2.26. The molecular weight excluding hydrogens is 270 g/mol. The molecule has 0 saturated heterocycles. The zero-order valence-electron chi connectivity index (χ0n) is 10.6. The molecule has 19 heavy (non-hydrogen) atoms. The maximum absolute atomic E-state index is 13.7. The molecule has 0 N–H and O–H groups in total. The molecule has 0 fully saturated rings. The fourth-order valence-electron chi connectivity index (χ4n) is 1.96. The largest absolute Gasteiger partial charge is 0.496 e. The molecule has 0 heterocycles. The van der Waals surface area contributed by atoms with Crippen molar-refractivity contribution in [2.75, 3.05) is 7.11 Å². The Balaban J connectivity index is 2.41. The van der Waals surface area contributed by atoms with Gasteiger partial charge in [-0.15, -0.1) is 11.6 Å². The SMILES string of the molecule is COc1ccc(C(Cl)c2cccc(F)c2F)cc1C. The normalized spacial score (nSPS) is 12.3. The first kappa shape index (κ1) is 13.8. The van der Waals surface area contributed by atoms with Crippen molar-refractivity contribution in [2.24, 2.45) is 0 Å². The highest BCUT2D eigenvalue weighted by Gasteiger charge is 2.18. The molecule has 0 spiro atoms. The molecule has 2 aromatic carbocycles. The molecule has 0 radical (unpaired) electrons. The fraction of sp³-hybridized carbons (Fsp3) is 0.200. The predicted octanol–water partition coefficient (Wildman–Crippen LogP) is 4.61. The van der Waals surface area contributed by atoms with E-state index in [1.54, 1.807) is 25.3 Å². The summed E-state index contributed by atoms with van der Waals surface area (Å²) in [6.07, 6.45) is 0. The molecule has 4 heteroatoms. The maximum Gasteiger partial charge on any atom is 0.163 e. The molecule has 2 rings (SSSR count). The summed E-state index contributed by atoms with van der Waals surface area (Å²) in [5, 5.41) is -0.736. The second kappa shape index (κ2) is 5.57. The molecule has 0 aliphatic carbocycles. The monoisotopic (exact) mass is 282 g/mol. The summed E-state index contributed by atoms with van der Waals surface area (Å²) in [7, 11) is 1.58. The average Bonchev–Trinajstić information content (AvgIpc) is 2.41. The standard InChI is InChI=1S/C15H13ClF2O/c1-9-8-10(6-7-13(9)19-2)14(16)11-4-3-5-12(17)15(11)18/h3-8,14H,1-2H3. The highest BCUT2D eigenvalue weighted by Crippen LogP contribution is 2.33. The zero-order chi connectivity index (χ0) is 14.0. The number of ether oxygens (including phenoxy) is 1. The molecular formula is C15H13ClF2O. The minimum absolute atomic E-state index is 0.131. The molecule has 1 atom stereocenters. The van der Waals surface area contributed by atoms with Gasteiger partial charge in [-0.05, 0) is 30.2 Å². The molecule has 0 aliphatic heterocycles. The van der Waals surface area contributed by atoms with Gasteiger partial charge in [0.25, 0.3) is 0 Å². The van der Waals surface area contributed by atoms with Crippen molar-refractivity contribution < 1.29 is 13.5 Å². The summed E-state index contributed by atoms with van der Waals surface area (Å²) in [5.74, 6) is -1.07. The minimum atomic E-state index is -0.907. The number of aryl methyl sites for hydroxylation is 1. The lowest BCUT2D eigenvalue weighted by atomic mass is 10.0. The van der Waals surface area contributed by atoms with Crippen LogP contribution in [0.4, 0.5) is 8.78 Å². The van der Waals surface area contributed by atoms with E-state index in [1.165, 1.54) is 12.1 Å². The van der Waals surface area contributed by atoms with Crippen molar-refractivity contribution in [3.63, 3.8) is 0 Å². The van der Waals surface area contributed by atoms with E-state index >= 15 is 0 Å². The van der Waals surface area contributed by atoms with Gasteiger partial charge < -0.3 is 4.74 Å². The van der Waals surface area contributed by atoms with E-state index in [-0.39, 0.29) is 5.56 Å². The van der Waals surface area contributed by atoms with E-state index in [0.717, 1.165) is 17.4 Å². The lowest BCUT2D eigenvalue weighted by Gasteiger charge is -2.14. The first-order chi connectivity index (χ1) is 9.04. The van der Waals surface area contributed by atoms with E-state index in [9.17, 15) is 8.78 Å². The minimum Gasteiger partial charge on any atom is -0.496 e. The molecule has 0 bridgehead atoms. The summed E-state index contributed by atoms with van der Waals surface area (Å²) < 4.78 is 32.1. The van der Waals surface area contributed by atoms with Gasteiger partial charge in [-0.2, -0.15) is 0 Å². The summed E-state index contributed by atoms with van der Waals surface area (Å²) in [6, 6.07) is 9.31. The topological polar surface area (TPSA) is 9.23 Å². The van der Waals surface area contributed by atoms with Crippen LogP contribution < -0.4 is 4.74 Å². The number of alkyl halides is 1. The quantitative estimate of drug-likeness (QED) is 0.747. The molecule has 100 valence electrons. The second-order valence-corrected chi connectivity index (χ2v) is 4.67. The van der Waals surface area contributed by atoms with E-state index < -0.39 is 17.0 Å². The smallest absolute Gasteiger partial charge is 0.163 e. The Bertz CT molecular complexity index is 599. The molecule has 1 nitrogen and oxygen atoms in total. The third-order valence-electron chi connectivity index (χ3n) is 2.97. The van der Waals surface area contributed by atoms with Crippen molar-refractivity contribution in [3.05, 3.63) is 64.7 Å². The molecule has 0 aromatic heterocycles. The van der Waals surface area contributed by atoms with Crippen LogP contribution in [0.15, 0.2) is 36.4 Å². The van der Waals surface area contributed by atoms with Crippen molar-refractivity contribution >= 4 is 11.6 Å². The van der Waals surface area contributed by atoms with Gasteiger partial charge in [0.15, 0.2) is 11.6 Å². The summed E-state index contributed by atoms with van der Waals surface area (Å²) in [5.41, 5.74) is 1.72. The van der Waals surface area contributed by atoms with E-state index in [1.807, 2.05) is 6.92 Å². The second-order valence-electron chi connectivity index (χ2n) is 4.23. The lowest BCUT2D eigenvalue weighted by molar-refractivity contribution is 0.411. The van der Waals surface area contributed by atoms with Gasteiger partial charge in [-0.3, -0.25) is 0 Å². The molecule has 2 aromatic rings. The molecule has 1 unspecified atom stereocenters. The van der Waals surface area contributed by atoms with Gasteiger partial charge in [-0.25, -0.2) is 8.78 Å². The first-order valence-corrected chi connectivity index (χ1v) is 6.20. The Morgan fingerprint density at radius 1 is 1.16 bits per heavy atom. The van der Waals surface area contributed by atoms with Crippen LogP contribution in [-0.4, -0.2) is 7.11 Å². The number of methoxy groups -OCH3 is 1. The number of hydrogen-bond acceptors (Lipinski definition) is 1. The van der Waals surface area contributed by atoms with Crippen molar-refractivity contribution in [1.29, 1.82) is 0 Å². The van der Waals surface area contributed by atoms with Crippen LogP contribution in [0, 0.1) is 18.6 Å². The van der Waals surface area contributed by atoms with Crippen molar-refractivity contribution in [2.45, 2.75) is 12.3 Å². The van der Waals surface area contributed by atoms with Gasteiger partial charge >= 0.3 is 0 Å². The Morgan fingerprint density at radius 2 is 1.89 bits per heavy atom. The third kappa shape index (κ3) is 2.71. The molecule has 0 amide bonds. The maximum atomic E-state index is 13.7. The van der Waals surface area contributed by atoms with Gasteiger partial charge in [-0.1, -0.05) is 24.3 Å². The van der Waals surface area contributed by atoms with E-state index in [4.69, 9.17) is 16.3 Å². The Labute approximate surface area is 115 Å². The van der Waals surface area contributed by atoms with Gasteiger partial charge in [0.05, 0.1) is 12.5 Å². The van der Waals surface area contributed by atoms with Crippen LogP contribution in [0.2, 0.25) is 0 Å². The van der Waals surface area contributed by atoms with Crippen LogP contribution >= 0.6 is 11.6 Å². The van der Waals surface area contributed by atoms with E-state index in [0.29, 0.717) is 5.56 Å². The highest BCUT2D eigenvalue weighted by molar-refractivity contribution is 6.22. The predicted molar refractivity (Wildman–Crippen MR) is 71.8 cm³/mol. The Morgan fingerprint density at radius 3 is 2.53 bits per heavy atom. The number of rotatable bonds is 3. The van der Waals surface area contributed by atoms with Gasteiger partial charge in [0.2, 0.25) is 0 Å². The summed E-state index contributed by atoms with van der Waals surface area (Å²) >= 11 is 6.23. The van der Waals surface area contributed by atoms with Gasteiger partial charge in [0.1, 0.15) is 5.75 Å². The van der Waals surface area contributed by atoms with Crippen LogP contribution in [0.3, 0.4) is 0 Å². The van der Waals surface area contributed by atoms with Crippen LogP contribution in [0.25, 0.3) is 0 Å². The van der Waals surface area contributed by atoms with Crippen molar-refractivity contribution in [1.82, 2.24) is 0 Å². The highest BCUT2D eigenvalue weighted by atomic mass is 35.5. The number of hydrogen-bond donors (Lipinski definition) is 0. The summed E-state index contributed by atoms with van der Waals surface area (Å²) in [4.78, 5) is 0. The van der Waals surface area contributed by atoms with Crippen molar-refractivity contribution in [3.8, 4) is 5.75 Å². The Kier molecular flexibility index (Phi) is 4.05. The lowest BCUT2D eigenvalue weighted by Crippen LogP contribution is -2.00. The molecule has 0 saturated carbocycles. The number of benzene rings is 2. The van der Waals surface area contributed by atoms with Gasteiger partial charge in [0, 0.05) is 5.56 Å². The third-order valence-corrected chi connectivity index (χ3v) is 3.45. The molecule has 0 aliphatic rings.